The van der Waals surface area contributed by atoms with Gasteiger partial charge in [0.1, 0.15) is 0 Å². The lowest BCUT2D eigenvalue weighted by Crippen LogP contribution is -2.30. The summed E-state index contributed by atoms with van der Waals surface area (Å²) in [5, 5.41) is 3.32. The first-order chi connectivity index (χ1) is 13.8. The molecule has 0 aliphatic carbocycles. The quantitative estimate of drug-likeness (QED) is 0.619. The van der Waals surface area contributed by atoms with Crippen LogP contribution in [0.1, 0.15) is 12.5 Å². The SMILES string of the molecule is COc1cc(CC(=O)OC(C)C(=O)Nc2ccc(Cl)cc2Cl)cc(OC)c1OC. The monoisotopic (exact) mass is 441 g/mol. The van der Waals surface area contributed by atoms with Crippen LogP contribution in [0.15, 0.2) is 30.3 Å². The first-order valence-electron chi connectivity index (χ1n) is 8.53. The van der Waals surface area contributed by atoms with Crippen molar-refractivity contribution in [3.05, 3.63) is 45.9 Å². The van der Waals surface area contributed by atoms with Crippen LogP contribution in [0.3, 0.4) is 0 Å². The molecule has 1 amide bonds. The Balaban J connectivity index is 2.03. The van der Waals surface area contributed by atoms with Gasteiger partial charge in [0, 0.05) is 5.02 Å². The number of nitrogens with one attached hydrogen (secondary N) is 1. The van der Waals surface area contributed by atoms with Gasteiger partial charge in [-0.3, -0.25) is 9.59 Å². The van der Waals surface area contributed by atoms with E-state index in [0.29, 0.717) is 33.5 Å². The van der Waals surface area contributed by atoms with Gasteiger partial charge in [0.25, 0.3) is 5.91 Å². The Hall–Kier alpha value is -2.64. The molecular formula is C20H21Cl2NO6. The first kappa shape index (κ1) is 22.6. The fourth-order valence-corrected chi connectivity index (χ4v) is 2.98. The summed E-state index contributed by atoms with van der Waals surface area (Å²) in [7, 11) is 4.45. The zero-order valence-electron chi connectivity index (χ0n) is 16.4. The number of methoxy groups -OCH3 is 3. The van der Waals surface area contributed by atoms with Gasteiger partial charge in [-0.25, -0.2) is 0 Å². The fourth-order valence-electron chi connectivity index (χ4n) is 2.52. The van der Waals surface area contributed by atoms with Crippen LogP contribution in [0.2, 0.25) is 10.0 Å². The lowest BCUT2D eigenvalue weighted by atomic mass is 10.1. The summed E-state index contributed by atoms with van der Waals surface area (Å²) < 4.78 is 21.0. The molecule has 0 fully saturated rings. The standard InChI is InChI=1S/C20H21Cl2NO6/c1-11(20(25)23-15-6-5-13(21)10-14(15)22)29-18(24)9-12-7-16(26-2)19(28-4)17(8-12)27-3/h5-8,10-11H,9H2,1-4H3,(H,23,25). The van der Waals surface area contributed by atoms with E-state index in [0.717, 1.165) is 0 Å². The van der Waals surface area contributed by atoms with Gasteiger partial charge in [-0.2, -0.15) is 0 Å². The molecular weight excluding hydrogens is 421 g/mol. The van der Waals surface area contributed by atoms with E-state index < -0.39 is 18.0 Å². The molecule has 0 aromatic heterocycles. The van der Waals surface area contributed by atoms with Crippen LogP contribution in [0, 0.1) is 0 Å². The van der Waals surface area contributed by atoms with Crippen molar-refractivity contribution in [2.24, 2.45) is 0 Å². The van der Waals surface area contributed by atoms with Gasteiger partial charge in [-0.05, 0) is 42.8 Å². The molecule has 1 atom stereocenters. The molecule has 1 N–H and O–H groups in total. The highest BCUT2D eigenvalue weighted by Crippen LogP contribution is 2.38. The second-order valence-corrected chi connectivity index (χ2v) is 6.80. The van der Waals surface area contributed by atoms with Crippen molar-refractivity contribution in [2.45, 2.75) is 19.4 Å². The maximum atomic E-state index is 12.3. The summed E-state index contributed by atoms with van der Waals surface area (Å²) >= 11 is 11.9. The third-order valence-electron chi connectivity index (χ3n) is 3.94. The van der Waals surface area contributed by atoms with E-state index in [1.54, 1.807) is 24.3 Å². The molecule has 0 heterocycles. The molecule has 2 aromatic rings. The molecule has 0 saturated heterocycles. The predicted molar refractivity (Wildman–Crippen MR) is 110 cm³/mol. The molecule has 0 aliphatic rings. The number of hydrogen-bond donors (Lipinski definition) is 1. The molecule has 156 valence electrons. The van der Waals surface area contributed by atoms with Crippen LogP contribution in [0.4, 0.5) is 5.69 Å². The first-order valence-corrected chi connectivity index (χ1v) is 9.28. The molecule has 0 radical (unpaired) electrons. The number of ether oxygens (including phenoxy) is 4. The summed E-state index contributed by atoms with van der Waals surface area (Å²) in [6, 6.07) is 7.93. The number of rotatable bonds is 8. The average molecular weight is 442 g/mol. The minimum absolute atomic E-state index is 0.0873. The smallest absolute Gasteiger partial charge is 0.311 e. The van der Waals surface area contributed by atoms with Gasteiger partial charge >= 0.3 is 5.97 Å². The molecule has 1 unspecified atom stereocenters. The minimum Gasteiger partial charge on any atom is -0.493 e. The van der Waals surface area contributed by atoms with Crippen LogP contribution in [0.5, 0.6) is 17.2 Å². The summed E-state index contributed by atoms with van der Waals surface area (Å²) in [6.07, 6.45) is -1.12. The fraction of sp³-hybridized carbons (Fsp3) is 0.300. The van der Waals surface area contributed by atoms with Crippen molar-refractivity contribution >= 4 is 40.8 Å². The Morgan fingerprint density at radius 3 is 2.14 bits per heavy atom. The predicted octanol–water partition coefficient (Wildman–Crippen LogP) is 4.13. The second kappa shape index (κ2) is 10.2. The second-order valence-electron chi connectivity index (χ2n) is 5.96. The normalized spacial score (nSPS) is 11.4. The molecule has 2 aromatic carbocycles. The lowest BCUT2D eigenvalue weighted by molar-refractivity contribution is -0.152. The topological polar surface area (TPSA) is 83.1 Å². The number of anilines is 1. The third-order valence-corrected chi connectivity index (χ3v) is 4.49. The van der Waals surface area contributed by atoms with Gasteiger partial charge in [-0.15, -0.1) is 0 Å². The Morgan fingerprint density at radius 1 is 1.00 bits per heavy atom. The minimum atomic E-state index is -1.03. The molecule has 0 saturated carbocycles. The van der Waals surface area contributed by atoms with E-state index in [2.05, 4.69) is 5.32 Å². The number of carbonyl (C=O) groups excluding carboxylic acids is 2. The molecule has 29 heavy (non-hydrogen) atoms. The van der Waals surface area contributed by atoms with Crippen molar-refractivity contribution in [2.75, 3.05) is 26.6 Å². The number of benzene rings is 2. The zero-order valence-corrected chi connectivity index (χ0v) is 17.9. The summed E-state index contributed by atoms with van der Waals surface area (Å²) in [6.45, 7) is 1.46. The Kier molecular flexibility index (Phi) is 7.99. The number of halogens is 2. The molecule has 9 heteroatoms. The average Bonchev–Trinajstić information content (AvgIpc) is 2.68. The highest BCUT2D eigenvalue weighted by atomic mass is 35.5. The van der Waals surface area contributed by atoms with Gasteiger partial charge in [0.05, 0.1) is 38.5 Å². The van der Waals surface area contributed by atoms with E-state index in [1.165, 1.54) is 34.3 Å². The van der Waals surface area contributed by atoms with Gasteiger partial charge in [-0.1, -0.05) is 23.2 Å². The Bertz CT molecular complexity index is 878. The highest BCUT2D eigenvalue weighted by Gasteiger charge is 2.21. The number of hydrogen-bond acceptors (Lipinski definition) is 6. The van der Waals surface area contributed by atoms with Crippen molar-refractivity contribution in [1.29, 1.82) is 0 Å². The van der Waals surface area contributed by atoms with E-state index in [1.807, 2.05) is 0 Å². The van der Waals surface area contributed by atoms with Crippen LogP contribution >= 0.6 is 23.2 Å². The molecule has 0 bridgehead atoms. The summed E-state index contributed by atoms with van der Waals surface area (Å²) in [5.74, 6) is 0.131. The van der Waals surface area contributed by atoms with E-state index in [9.17, 15) is 9.59 Å². The largest absolute Gasteiger partial charge is 0.493 e. The molecule has 0 aliphatic heterocycles. The number of esters is 1. The van der Waals surface area contributed by atoms with Gasteiger partial charge < -0.3 is 24.3 Å². The third kappa shape index (κ3) is 5.92. The Labute approximate surface area is 178 Å². The highest BCUT2D eigenvalue weighted by molar-refractivity contribution is 6.36. The van der Waals surface area contributed by atoms with E-state index in [-0.39, 0.29) is 11.4 Å². The van der Waals surface area contributed by atoms with Gasteiger partial charge in [0.15, 0.2) is 17.6 Å². The van der Waals surface area contributed by atoms with E-state index in [4.69, 9.17) is 42.1 Å². The van der Waals surface area contributed by atoms with Crippen molar-refractivity contribution in [3.63, 3.8) is 0 Å². The molecule has 2 rings (SSSR count). The molecule has 7 nitrogen and oxygen atoms in total. The van der Waals surface area contributed by atoms with Crippen molar-refractivity contribution in [1.82, 2.24) is 0 Å². The maximum Gasteiger partial charge on any atom is 0.311 e. The van der Waals surface area contributed by atoms with Crippen LogP contribution in [-0.2, 0) is 20.7 Å². The van der Waals surface area contributed by atoms with E-state index >= 15 is 0 Å². The lowest BCUT2D eigenvalue weighted by Gasteiger charge is -2.16. The number of carbonyl (C=O) groups is 2. The zero-order chi connectivity index (χ0) is 21.6. The van der Waals surface area contributed by atoms with Crippen LogP contribution in [-0.4, -0.2) is 39.3 Å². The molecule has 0 spiro atoms. The van der Waals surface area contributed by atoms with Crippen LogP contribution < -0.4 is 19.5 Å². The van der Waals surface area contributed by atoms with Crippen molar-refractivity contribution < 1.29 is 28.5 Å². The summed E-state index contributed by atoms with van der Waals surface area (Å²) in [4.78, 5) is 24.6. The summed E-state index contributed by atoms with van der Waals surface area (Å²) in [5.41, 5.74) is 0.950. The maximum absolute atomic E-state index is 12.3. The van der Waals surface area contributed by atoms with Gasteiger partial charge in [0.2, 0.25) is 5.75 Å². The number of amides is 1. The Morgan fingerprint density at radius 2 is 1.62 bits per heavy atom. The van der Waals surface area contributed by atoms with Crippen molar-refractivity contribution in [3.8, 4) is 17.2 Å². The van der Waals surface area contributed by atoms with Crippen LogP contribution in [0.25, 0.3) is 0 Å².